The molecule has 1 amide bonds. The quantitative estimate of drug-likeness (QED) is 0.332. The first-order valence-corrected chi connectivity index (χ1v) is 3.51. The molecule has 0 fully saturated rings. The van der Waals surface area contributed by atoms with E-state index in [4.69, 9.17) is 0 Å². The lowest BCUT2D eigenvalue weighted by Gasteiger charge is -2.06. The molecule has 0 aliphatic rings. The first-order chi connectivity index (χ1) is 7.57. The molecule has 0 aliphatic carbocycles. The summed E-state index contributed by atoms with van der Waals surface area (Å²) in [6, 6.07) is 0. The van der Waals surface area contributed by atoms with Crippen molar-refractivity contribution in [3.63, 3.8) is 0 Å². The second-order valence-corrected chi connectivity index (χ2v) is 2.33. The minimum atomic E-state index is -5.65. The van der Waals surface area contributed by atoms with Gasteiger partial charge in [-0.15, -0.1) is 0 Å². The fraction of sp³-hybridized carbons (Fsp3) is 0.333. The molecule has 4 nitrogen and oxygen atoms in total. The van der Waals surface area contributed by atoms with E-state index in [1.54, 1.807) is 0 Å². The van der Waals surface area contributed by atoms with Crippen LogP contribution >= 0.6 is 0 Å². The third-order valence-corrected chi connectivity index (χ3v) is 1.15. The van der Waals surface area contributed by atoms with Crippen LogP contribution in [0.1, 0.15) is 0 Å². The SMILES string of the molecule is O=C(OC/C(F)=C(\F)C(F)(F)F)C(=O)N(F)F. The normalized spacial score (nSPS) is 12.9. The zero-order valence-corrected chi connectivity index (χ0v) is 7.52. The fourth-order valence-electron chi connectivity index (χ4n) is 0.477. The van der Waals surface area contributed by atoms with Gasteiger partial charge in [-0.25, -0.2) is 9.18 Å². The number of hydrogen-bond donors (Lipinski definition) is 0. The molecule has 17 heavy (non-hydrogen) atoms. The van der Waals surface area contributed by atoms with Gasteiger partial charge in [-0.2, -0.15) is 17.6 Å². The maximum absolute atomic E-state index is 12.3. The Morgan fingerprint density at radius 1 is 1.12 bits per heavy atom. The summed E-state index contributed by atoms with van der Waals surface area (Å²) in [5.74, 6) is -10.6. The Kier molecular flexibility index (Phi) is 4.91. The number of ether oxygens (including phenoxy) is 1. The first kappa shape index (κ1) is 15.2. The Bertz CT molecular complexity index is 348. The number of esters is 1. The molecule has 11 heteroatoms. The van der Waals surface area contributed by atoms with Gasteiger partial charge in [-0.05, 0) is 0 Å². The number of halogens is 7. The van der Waals surface area contributed by atoms with E-state index in [9.17, 15) is 40.5 Å². The van der Waals surface area contributed by atoms with Crippen molar-refractivity contribution in [1.82, 2.24) is 5.34 Å². The monoisotopic (exact) mass is 269 g/mol. The molecule has 0 atom stereocenters. The van der Waals surface area contributed by atoms with Gasteiger partial charge in [0.15, 0.2) is 5.83 Å². The van der Waals surface area contributed by atoms with Crippen molar-refractivity contribution < 1.29 is 45.2 Å². The second-order valence-electron chi connectivity index (χ2n) is 2.33. The van der Waals surface area contributed by atoms with Crippen LogP contribution < -0.4 is 0 Å². The van der Waals surface area contributed by atoms with Crippen LogP contribution in [0.15, 0.2) is 11.7 Å². The molecular weight excluding hydrogens is 267 g/mol. The minimum Gasteiger partial charge on any atom is -0.451 e. The van der Waals surface area contributed by atoms with Crippen LogP contribution in [0.5, 0.6) is 0 Å². The molecule has 0 aromatic heterocycles. The number of nitrogens with zero attached hydrogens (tertiary/aromatic N) is 1. The molecule has 0 bridgehead atoms. The van der Waals surface area contributed by atoms with Crippen LogP contribution in [-0.2, 0) is 14.3 Å². The Morgan fingerprint density at radius 3 is 1.94 bits per heavy atom. The van der Waals surface area contributed by atoms with Gasteiger partial charge in [-0.3, -0.25) is 4.79 Å². The van der Waals surface area contributed by atoms with Crippen LogP contribution in [0.25, 0.3) is 0 Å². The summed E-state index contributed by atoms with van der Waals surface area (Å²) in [7, 11) is 0. The van der Waals surface area contributed by atoms with E-state index < -0.39 is 41.7 Å². The molecule has 0 saturated heterocycles. The molecule has 0 aromatic carbocycles. The highest BCUT2D eigenvalue weighted by Crippen LogP contribution is 2.29. The van der Waals surface area contributed by atoms with Gasteiger partial charge in [0, 0.05) is 5.34 Å². The van der Waals surface area contributed by atoms with Crippen LogP contribution in [0.2, 0.25) is 0 Å². The lowest BCUT2D eigenvalue weighted by Crippen LogP contribution is -2.27. The highest BCUT2D eigenvalue weighted by molar-refractivity contribution is 6.31. The van der Waals surface area contributed by atoms with Crippen molar-refractivity contribution in [2.75, 3.05) is 6.61 Å². The van der Waals surface area contributed by atoms with Gasteiger partial charge in [0.25, 0.3) is 0 Å². The van der Waals surface area contributed by atoms with Gasteiger partial charge in [0.1, 0.15) is 6.61 Å². The zero-order chi connectivity index (χ0) is 13.8. The maximum Gasteiger partial charge on any atom is 0.445 e. The highest BCUT2D eigenvalue weighted by atomic mass is 19.4. The van der Waals surface area contributed by atoms with Crippen LogP contribution in [0.3, 0.4) is 0 Å². The van der Waals surface area contributed by atoms with Crippen molar-refractivity contribution in [3.05, 3.63) is 11.7 Å². The smallest absolute Gasteiger partial charge is 0.445 e. The predicted octanol–water partition coefficient (Wildman–Crippen LogP) is 1.84. The van der Waals surface area contributed by atoms with Crippen molar-refractivity contribution in [2.24, 2.45) is 0 Å². The highest BCUT2D eigenvalue weighted by Gasteiger charge is 2.38. The number of allylic oxidation sites excluding steroid dienone is 1. The van der Waals surface area contributed by atoms with Crippen LogP contribution in [0, 0.1) is 0 Å². The third-order valence-electron chi connectivity index (χ3n) is 1.15. The Labute approximate surface area is 88.1 Å². The molecule has 0 radical (unpaired) electrons. The summed E-state index contributed by atoms with van der Waals surface area (Å²) in [6.45, 7) is -1.93. The van der Waals surface area contributed by atoms with Gasteiger partial charge >= 0.3 is 18.1 Å². The molecule has 0 aromatic rings. The van der Waals surface area contributed by atoms with E-state index in [1.807, 2.05) is 0 Å². The van der Waals surface area contributed by atoms with Crippen molar-refractivity contribution >= 4 is 11.9 Å². The standard InChI is InChI=1S/C6H2F7NO3/c7-2(3(8)6(9,10)11)1-17-5(16)4(15)14(12)13/h1H2/b3-2+. The summed E-state index contributed by atoms with van der Waals surface area (Å²) >= 11 is 0. The van der Waals surface area contributed by atoms with Gasteiger partial charge in [-0.1, -0.05) is 8.96 Å². The first-order valence-electron chi connectivity index (χ1n) is 3.51. The summed E-state index contributed by atoms with van der Waals surface area (Å²) in [4.78, 5) is 20.3. The predicted molar refractivity (Wildman–Crippen MR) is 35.3 cm³/mol. The van der Waals surface area contributed by atoms with Crippen LogP contribution in [-0.4, -0.2) is 30.0 Å². The Hall–Kier alpha value is -1.81. The van der Waals surface area contributed by atoms with Crippen molar-refractivity contribution in [1.29, 1.82) is 0 Å². The largest absolute Gasteiger partial charge is 0.451 e. The summed E-state index contributed by atoms with van der Waals surface area (Å²) in [5.41, 5.74) is 0. The maximum atomic E-state index is 12.3. The number of hydrogen-bond acceptors (Lipinski definition) is 3. The van der Waals surface area contributed by atoms with E-state index >= 15 is 0 Å². The molecule has 0 spiro atoms. The third kappa shape index (κ3) is 4.70. The number of carbonyl (C=O) groups excluding carboxylic acids is 2. The number of amides is 1. The minimum absolute atomic E-state index is 1.93. The molecule has 0 rings (SSSR count). The summed E-state index contributed by atoms with van der Waals surface area (Å²) in [5, 5.41) is -2.23. The summed E-state index contributed by atoms with van der Waals surface area (Å²) in [6.07, 6.45) is -5.65. The van der Waals surface area contributed by atoms with E-state index in [-0.39, 0.29) is 0 Å². The average molecular weight is 269 g/mol. The van der Waals surface area contributed by atoms with E-state index in [0.717, 1.165) is 0 Å². The lowest BCUT2D eigenvalue weighted by atomic mass is 10.4. The Morgan fingerprint density at radius 2 is 1.59 bits per heavy atom. The molecular formula is C6H2F7NO3. The molecule has 0 saturated carbocycles. The number of rotatable bonds is 2. The summed E-state index contributed by atoms with van der Waals surface area (Å²) < 4.78 is 85.0. The van der Waals surface area contributed by atoms with Crippen LogP contribution in [0.4, 0.5) is 30.9 Å². The van der Waals surface area contributed by atoms with E-state index in [2.05, 4.69) is 4.74 Å². The van der Waals surface area contributed by atoms with Crippen molar-refractivity contribution in [2.45, 2.75) is 6.18 Å². The molecule has 0 N–H and O–H groups in total. The topological polar surface area (TPSA) is 46.6 Å². The van der Waals surface area contributed by atoms with Gasteiger partial charge < -0.3 is 4.74 Å². The molecule has 0 heterocycles. The van der Waals surface area contributed by atoms with E-state index in [0.29, 0.717) is 0 Å². The van der Waals surface area contributed by atoms with Gasteiger partial charge in [0.05, 0.1) is 0 Å². The zero-order valence-electron chi connectivity index (χ0n) is 7.52. The fourth-order valence-corrected chi connectivity index (χ4v) is 0.477. The van der Waals surface area contributed by atoms with Gasteiger partial charge in [0.2, 0.25) is 5.83 Å². The molecule has 98 valence electrons. The second kappa shape index (κ2) is 5.50. The van der Waals surface area contributed by atoms with Crippen molar-refractivity contribution in [3.8, 4) is 0 Å². The lowest BCUT2D eigenvalue weighted by molar-refractivity contribution is -0.196. The average Bonchev–Trinajstić information content (AvgIpc) is 2.21. The molecule has 0 aliphatic heterocycles. The number of carbonyl (C=O) groups is 2. The number of alkyl halides is 3. The van der Waals surface area contributed by atoms with E-state index in [1.165, 1.54) is 0 Å². The molecule has 0 unspecified atom stereocenters. The Balaban J connectivity index is 4.50.